The average molecular weight is 372 g/mol. The summed E-state index contributed by atoms with van der Waals surface area (Å²) >= 11 is 0. The number of aromatic nitrogens is 2. The molecule has 1 aromatic heterocycles. The van der Waals surface area contributed by atoms with Gasteiger partial charge in [0.25, 0.3) is 0 Å². The standard InChI is InChI=1S/C20H25FN4O2/c21-17-3-1-2-16(12-17)18-13-22-23-20(18)15-4-6-25(7-5-15)19(26)14-24-8-10-27-11-9-24/h1-3,12-13,15H,4-11,14H2,(H,22,23). The van der Waals surface area contributed by atoms with Gasteiger partial charge < -0.3 is 9.64 Å². The lowest BCUT2D eigenvalue weighted by molar-refractivity contribution is -0.134. The van der Waals surface area contributed by atoms with Gasteiger partial charge in [0.2, 0.25) is 5.91 Å². The molecule has 144 valence electrons. The van der Waals surface area contributed by atoms with Gasteiger partial charge in [-0.25, -0.2) is 4.39 Å². The van der Waals surface area contributed by atoms with Crippen molar-refractivity contribution >= 4 is 5.91 Å². The van der Waals surface area contributed by atoms with Crippen LogP contribution >= 0.6 is 0 Å². The van der Waals surface area contributed by atoms with Gasteiger partial charge in [-0.15, -0.1) is 0 Å². The normalized spacial score (nSPS) is 19.4. The van der Waals surface area contributed by atoms with E-state index in [2.05, 4.69) is 15.1 Å². The van der Waals surface area contributed by atoms with Crippen molar-refractivity contribution in [3.05, 3.63) is 42.0 Å². The van der Waals surface area contributed by atoms with Crippen LogP contribution in [0.3, 0.4) is 0 Å². The van der Waals surface area contributed by atoms with E-state index in [9.17, 15) is 9.18 Å². The summed E-state index contributed by atoms with van der Waals surface area (Å²) in [5.74, 6) is 0.256. The van der Waals surface area contributed by atoms with Gasteiger partial charge >= 0.3 is 0 Å². The summed E-state index contributed by atoms with van der Waals surface area (Å²) in [6.45, 7) is 5.04. The second-order valence-corrected chi connectivity index (χ2v) is 7.25. The SMILES string of the molecule is O=C(CN1CCOCC1)N1CCC(c2[nH]ncc2-c2cccc(F)c2)CC1. The molecule has 7 heteroatoms. The highest BCUT2D eigenvalue weighted by atomic mass is 19.1. The lowest BCUT2D eigenvalue weighted by atomic mass is 9.89. The van der Waals surface area contributed by atoms with Crippen molar-refractivity contribution < 1.29 is 13.9 Å². The van der Waals surface area contributed by atoms with Crippen molar-refractivity contribution in [1.82, 2.24) is 20.0 Å². The molecule has 2 fully saturated rings. The minimum absolute atomic E-state index is 0.199. The largest absolute Gasteiger partial charge is 0.379 e. The zero-order chi connectivity index (χ0) is 18.6. The number of carbonyl (C=O) groups is 1. The van der Waals surface area contributed by atoms with Gasteiger partial charge in [0, 0.05) is 43.4 Å². The highest BCUT2D eigenvalue weighted by molar-refractivity contribution is 5.78. The zero-order valence-electron chi connectivity index (χ0n) is 15.4. The van der Waals surface area contributed by atoms with Gasteiger partial charge in [-0.05, 0) is 30.5 Å². The number of likely N-dealkylation sites (tertiary alicyclic amines) is 1. The van der Waals surface area contributed by atoms with Gasteiger partial charge in [-0.1, -0.05) is 12.1 Å². The van der Waals surface area contributed by atoms with Crippen LogP contribution in [0.4, 0.5) is 4.39 Å². The number of carbonyl (C=O) groups excluding carboxylic acids is 1. The first-order chi connectivity index (χ1) is 13.2. The number of nitrogens with zero attached hydrogens (tertiary/aromatic N) is 3. The average Bonchev–Trinajstić information content (AvgIpc) is 3.19. The van der Waals surface area contributed by atoms with Crippen molar-refractivity contribution in [1.29, 1.82) is 0 Å². The number of hydrogen-bond acceptors (Lipinski definition) is 4. The minimum Gasteiger partial charge on any atom is -0.379 e. The Hall–Kier alpha value is -2.25. The Morgan fingerprint density at radius 2 is 2.00 bits per heavy atom. The van der Waals surface area contributed by atoms with E-state index in [4.69, 9.17) is 4.74 Å². The molecule has 1 aromatic carbocycles. The van der Waals surface area contributed by atoms with Gasteiger partial charge in [0.15, 0.2) is 0 Å². The van der Waals surface area contributed by atoms with Crippen LogP contribution in [0.15, 0.2) is 30.5 Å². The predicted molar refractivity (Wildman–Crippen MR) is 99.8 cm³/mol. The number of benzene rings is 1. The topological polar surface area (TPSA) is 61.5 Å². The maximum absolute atomic E-state index is 13.6. The van der Waals surface area contributed by atoms with Crippen LogP contribution in [0.5, 0.6) is 0 Å². The molecule has 0 bridgehead atoms. The van der Waals surface area contributed by atoms with E-state index in [0.29, 0.717) is 25.7 Å². The number of aromatic amines is 1. The monoisotopic (exact) mass is 372 g/mol. The summed E-state index contributed by atoms with van der Waals surface area (Å²) in [7, 11) is 0. The molecular formula is C20H25FN4O2. The molecule has 1 amide bonds. The van der Waals surface area contributed by atoms with Crippen LogP contribution in [0, 0.1) is 5.82 Å². The molecule has 27 heavy (non-hydrogen) atoms. The van der Waals surface area contributed by atoms with Crippen molar-refractivity contribution in [2.75, 3.05) is 45.9 Å². The van der Waals surface area contributed by atoms with Crippen LogP contribution in [-0.2, 0) is 9.53 Å². The molecule has 4 rings (SSSR count). The number of piperidine rings is 1. The van der Waals surface area contributed by atoms with Crippen LogP contribution in [-0.4, -0.2) is 71.8 Å². The fourth-order valence-corrected chi connectivity index (χ4v) is 3.96. The molecule has 0 atom stereocenters. The third-order valence-electron chi connectivity index (χ3n) is 5.52. The Balaban J connectivity index is 1.37. The summed E-state index contributed by atoms with van der Waals surface area (Å²) in [4.78, 5) is 16.7. The molecule has 2 aliphatic rings. The summed E-state index contributed by atoms with van der Waals surface area (Å²) in [6.07, 6.45) is 3.54. The van der Waals surface area contributed by atoms with E-state index in [1.807, 2.05) is 11.0 Å². The number of H-pyrrole nitrogens is 1. The third-order valence-corrected chi connectivity index (χ3v) is 5.52. The van der Waals surface area contributed by atoms with Crippen LogP contribution in [0.1, 0.15) is 24.5 Å². The zero-order valence-corrected chi connectivity index (χ0v) is 15.4. The molecule has 0 radical (unpaired) electrons. The van der Waals surface area contributed by atoms with E-state index in [1.54, 1.807) is 12.3 Å². The smallest absolute Gasteiger partial charge is 0.236 e. The second-order valence-electron chi connectivity index (χ2n) is 7.25. The van der Waals surface area contributed by atoms with Crippen LogP contribution in [0.25, 0.3) is 11.1 Å². The van der Waals surface area contributed by atoms with Gasteiger partial charge in [-0.2, -0.15) is 5.10 Å². The van der Waals surface area contributed by atoms with Crippen molar-refractivity contribution in [3.8, 4) is 11.1 Å². The Bertz CT molecular complexity index is 780. The lowest BCUT2D eigenvalue weighted by Crippen LogP contribution is -2.46. The minimum atomic E-state index is -0.247. The van der Waals surface area contributed by atoms with Crippen molar-refractivity contribution in [2.24, 2.45) is 0 Å². The molecule has 2 aromatic rings. The molecule has 0 unspecified atom stereocenters. The van der Waals surface area contributed by atoms with E-state index in [0.717, 1.165) is 55.8 Å². The summed E-state index contributed by atoms with van der Waals surface area (Å²) < 4.78 is 18.9. The Kier molecular flexibility index (Phi) is 5.50. The van der Waals surface area contributed by atoms with Crippen LogP contribution < -0.4 is 0 Å². The number of nitrogens with one attached hydrogen (secondary N) is 1. The van der Waals surface area contributed by atoms with E-state index in [1.165, 1.54) is 12.1 Å². The van der Waals surface area contributed by atoms with Gasteiger partial charge in [0.1, 0.15) is 5.82 Å². The number of hydrogen-bond donors (Lipinski definition) is 1. The number of morpholine rings is 1. The molecule has 2 saturated heterocycles. The molecule has 0 aliphatic carbocycles. The van der Waals surface area contributed by atoms with Crippen molar-refractivity contribution in [2.45, 2.75) is 18.8 Å². The molecule has 0 saturated carbocycles. The van der Waals surface area contributed by atoms with E-state index < -0.39 is 0 Å². The third kappa shape index (κ3) is 4.20. The summed E-state index contributed by atoms with van der Waals surface area (Å²) in [5, 5.41) is 7.29. The Morgan fingerprint density at radius 1 is 1.22 bits per heavy atom. The first kappa shape index (κ1) is 18.1. The lowest BCUT2D eigenvalue weighted by Gasteiger charge is -2.34. The maximum atomic E-state index is 13.6. The molecule has 1 N–H and O–H groups in total. The first-order valence-corrected chi connectivity index (χ1v) is 9.58. The Morgan fingerprint density at radius 3 is 2.74 bits per heavy atom. The fraction of sp³-hybridized carbons (Fsp3) is 0.500. The van der Waals surface area contributed by atoms with Gasteiger partial charge in [0.05, 0.1) is 26.0 Å². The molecule has 6 nitrogen and oxygen atoms in total. The van der Waals surface area contributed by atoms with Gasteiger partial charge in [-0.3, -0.25) is 14.8 Å². The highest BCUT2D eigenvalue weighted by Gasteiger charge is 2.27. The summed E-state index contributed by atoms with van der Waals surface area (Å²) in [5.41, 5.74) is 2.83. The summed E-state index contributed by atoms with van der Waals surface area (Å²) in [6, 6.07) is 6.60. The molecule has 3 heterocycles. The fourth-order valence-electron chi connectivity index (χ4n) is 3.96. The molecule has 2 aliphatic heterocycles. The number of amides is 1. The highest BCUT2D eigenvalue weighted by Crippen LogP contribution is 2.34. The van der Waals surface area contributed by atoms with E-state index >= 15 is 0 Å². The van der Waals surface area contributed by atoms with E-state index in [-0.39, 0.29) is 11.7 Å². The quantitative estimate of drug-likeness (QED) is 0.894. The second kappa shape index (κ2) is 8.19. The number of rotatable bonds is 4. The van der Waals surface area contributed by atoms with Crippen LogP contribution in [0.2, 0.25) is 0 Å². The molecule has 0 spiro atoms. The Labute approximate surface area is 158 Å². The first-order valence-electron chi connectivity index (χ1n) is 9.58. The number of halogens is 1. The van der Waals surface area contributed by atoms with Crippen molar-refractivity contribution in [3.63, 3.8) is 0 Å². The predicted octanol–water partition coefficient (Wildman–Crippen LogP) is 2.25. The molecular weight excluding hydrogens is 347 g/mol. The maximum Gasteiger partial charge on any atom is 0.236 e. The number of ether oxygens (including phenoxy) is 1.